The lowest BCUT2D eigenvalue weighted by atomic mass is 10.0. The highest BCUT2D eigenvalue weighted by Crippen LogP contribution is 1.98. The monoisotopic (exact) mass is 202 g/mol. The number of amides is 1. The van der Waals surface area contributed by atoms with Crippen LogP contribution in [0.5, 0.6) is 0 Å². The van der Waals surface area contributed by atoms with Gasteiger partial charge in [0.1, 0.15) is 0 Å². The van der Waals surface area contributed by atoms with Crippen LogP contribution in [0.3, 0.4) is 0 Å². The van der Waals surface area contributed by atoms with Gasteiger partial charge in [0, 0.05) is 12.6 Å². The molecule has 0 bridgehead atoms. The maximum atomic E-state index is 11.5. The molecule has 0 aliphatic rings. The second-order valence-corrected chi connectivity index (χ2v) is 3.84. The van der Waals surface area contributed by atoms with Gasteiger partial charge in [0.2, 0.25) is 5.91 Å². The molecule has 0 aliphatic carbocycles. The van der Waals surface area contributed by atoms with Crippen LogP contribution in [0.15, 0.2) is 0 Å². The first-order valence-corrected chi connectivity index (χ1v) is 5.12. The molecule has 0 aromatic rings. The van der Waals surface area contributed by atoms with Crippen molar-refractivity contribution in [3.8, 4) is 0 Å². The first-order valence-electron chi connectivity index (χ1n) is 5.12. The molecule has 4 nitrogen and oxygen atoms in total. The van der Waals surface area contributed by atoms with Gasteiger partial charge in [0.25, 0.3) is 0 Å². The van der Waals surface area contributed by atoms with Crippen molar-refractivity contribution in [1.82, 2.24) is 5.32 Å². The molecule has 0 spiro atoms. The zero-order valence-corrected chi connectivity index (χ0v) is 9.54. The number of carbonyl (C=O) groups excluding carboxylic acids is 1. The molecule has 14 heavy (non-hydrogen) atoms. The smallest absolute Gasteiger partial charge is 0.237 e. The molecule has 3 N–H and O–H groups in total. The molecule has 0 radical (unpaired) electrons. The predicted molar refractivity (Wildman–Crippen MR) is 56.9 cm³/mol. The molecule has 1 unspecified atom stereocenters. The number of carbonyl (C=O) groups is 1. The average molecular weight is 202 g/mol. The van der Waals surface area contributed by atoms with Gasteiger partial charge < -0.3 is 15.8 Å². The molecule has 2 atom stereocenters. The van der Waals surface area contributed by atoms with E-state index in [1.54, 1.807) is 0 Å². The van der Waals surface area contributed by atoms with Crippen LogP contribution < -0.4 is 11.1 Å². The van der Waals surface area contributed by atoms with Crippen molar-refractivity contribution in [1.29, 1.82) is 0 Å². The third-order valence-electron chi connectivity index (χ3n) is 1.98. The normalized spacial score (nSPS) is 15.3. The lowest BCUT2D eigenvalue weighted by Gasteiger charge is -2.19. The fraction of sp³-hybridized carbons (Fsp3) is 0.900. The van der Waals surface area contributed by atoms with E-state index < -0.39 is 6.04 Å². The van der Waals surface area contributed by atoms with Crippen molar-refractivity contribution in [2.75, 3.05) is 13.2 Å². The molecule has 0 aliphatic heterocycles. The van der Waals surface area contributed by atoms with Crippen molar-refractivity contribution >= 4 is 5.91 Å². The Balaban J connectivity index is 3.81. The van der Waals surface area contributed by atoms with Gasteiger partial charge in [-0.05, 0) is 19.8 Å². The Hall–Kier alpha value is -0.610. The maximum Gasteiger partial charge on any atom is 0.237 e. The Morgan fingerprint density at radius 1 is 1.43 bits per heavy atom. The Morgan fingerprint density at radius 2 is 2.00 bits per heavy atom. The fourth-order valence-electron chi connectivity index (χ4n) is 0.978. The summed E-state index contributed by atoms with van der Waals surface area (Å²) in [6.07, 6.45) is 0. The van der Waals surface area contributed by atoms with Crippen LogP contribution in [0, 0.1) is 5.92 Å². The third kappa shape index (κ3) is 5.19. The number of hydrogen-bond donors (Lipinski definition) is 2. The van der Waals surface area contributed by atoms with Crippen LogP contribution in [0.4, 0.5) is 0 Å². The molecule has 1 amide bonds. The fourth-order valence-corrected chi connectivity index (χ4v) is 0.978. The summed E-state index contributed by atoms with van der Waals surface area (Å²) in [4.78, 5) is 11.5. The van der Waals surface area contributed by atoms with E-state index >= 15 is 0 Å². The number of nitrogens with two attached hydrogens (primary N) is 1. The average Bonchev–Trinajstić information content (AvgIpc) is 2.13. The minimum atomic E-state index is -0.431. The minimum absolute atomic E-state index is 0.0206. The van der Waals surface area contributed by atoms with Gasteiger partial charge in [0.05, 0.1) is 12.6 Å². The van der Waals surface area contributed by atoms with Crippen molar-refractivity contribution in [3.63, 3.8) is 0 Å². The first-order chi connectivity index (χ1) is 6.49. The number of rotatable bonds is 6. The summed E-state index contributed by atoms with van der Waals surface area (Å²) < 4.78 is 5.18. The number of ether oxygens (including phenoxy) is 1. The highest BCUT2D eigenvalue weighted by Gasteiger charge is 2.18. The Bertz CT molecular complexity index is 172. The molecule has 84 valence electrons. The van der Waals surface area contributed by atoms with Crippen LogP contribution in [-0.2, 0) is 9.53 Å². The van der Waals surface area contributed by atoms with Crippen molar-refractivity contribution in [2.24, 2.45) is 11.7 Å². The quantitative estimate of drug-likeness (QED) is 0.659. The summed E-state index contributed by atoms with van der Waals surface area (Å²) in [5.41, 5.74) is 5.68. The van der Waals surface area contributed by atoms with E-state index in [1.165, 1.54) is 0 Å². The van der Waals surface area contributed by atoms with Gasteiger partial charge in [-0.2, -0.15) is 0 Å². The van der Waals surface area contributed by atoms with Gasteiger partial charge in [-0.3, -0.25) is 4.79 Å². The molecule has 0 aromatic heterocycles. The second-order valence-electron chi connectivity index (χ2n) is 3.84. The summed E-state index contributed by atoms with van der Waals surface area (Å²) in [5, 5.41) is 2.81. The molecule has 0 fully saturated rings. The SMILES string of the molecule is CCOCC(C)NC(=O)[C@@H](N)C(C)C. The summed E-state index contributed by atoms with van der Waals surface area (Å²) in [7, 11) is 0. The van der Waals surface area contributed by atoms with E-state index in [1.807, 2.05) is 27.7 Å². The molecular weight excluding hydrogens is 180 g/mol. The van der Waals surface area contributed by atoms with Gasteiger partial charge in [-0.1, -0.05) is 13.8 Å². The maximum absolute atomic E-state index is 11.5. The molecule has 0 heterocycles. The summed E-state index contributed by atoms with van der Waals surface area (Å²) in [5.74, 6) is 0.0569. The number of nitrogens with one attached hydrogen (secondary N) is 1. The largest absolute Gasteiger partial charge is 0.380 e. The standard InChI is InChI=1S/C10H22N2O2/c1-5-14-6-8(4)12-10(13)9(11)7(2)3/h7-9H,5-6,11H2,1-4H3,(H,12,13)/t8?,9-/m0/s1. The Kier molecular flexibility index (Phi) is 6.49. The Morgan fingerprint density at radius 3 is 2.43 bits per heavy atom. The summed E-state index contributed by atoms with van der Waals surface area (Å²) in [6, 6.07) is -0.411. The van der Waals surface area contributed by atoms with Crippen LogP contribution in [0.2, 0.25) is 0 Å². The highest BCUT2D eigenvalue weighted by molar-refractivity contribution is 5.81. The summed E-state index contributed by atoms with van der Waals surface area (Å²) in [6.45, 7) is 8.88. The Labute approximate surface area is 86.2 Å². The molecule has 0 saturated heterocycles. The van der Waals surface area contributed by atoms with Crippen LogP contribution in [0.1, 0.15) is 27.7 Å². The third-order valence-corrected chi connectivity index (χ3v) is 1.98. The van der Waals surface area contributed by atoms with Crippen LogP contribution in [-0.4, -0.2) is 31.2 Å². The van der Waals surface area contributed by atoms with Crippen LogP contribution >= 0.6 is 0 Å². The lowest BCUT2D eigenvalue weighted by molar-refractivity contribution is -0.124. The second kappa shape index (κ2) is 6.79. The number of hydrogen-bond acceptors (Lipinski definition) is 3. The van der Waals surface area contributed by atoms with Gasteiger partial charge in [0.15, 0.2) is 0 Å². The van der Waals surface area contributed by atoms with E-state index in [0.29, 0.717) is 13.2 Å². The van der Waals surface area contributed by atoms with E-state index in [0.717, 1.165) is 0 Å². The lowest BCUT2D eigenvalue weighted by Crippen LogP contribution is -2.48. The van der Waals surface area contributed by atoms with Gasteiger partial charge in [-0.25, -0.2) is 0 Å². The first kappa shape index (κ1) is 13.4. The van der Waals surface area contributed by atoms with Crippen molar-refractivity contribution < 1.29 is 9.53 Å². The van der Waals surface area contributed by atoms with Crippen LogP contribution in [0.25, 0.3) is 0 Å². The van der Waals surface area contributed by atoms with E-state index in [4.69, 9.17) is 10.5 Å². The van der Waals surface area contributed by atoms with Gasteiger partial charge in [-0.15, -0.1) is 0 Å². The predicted octanol–water partition coefficient (Wildman–Crippen LogP) is 0.511. The van der Waals surface area contributed by atoms with E-state index in [2.05, 4.69) is 5.32 Å². The zero-order valence-electron chi connectivity index (χ0n) is 9.54. The van der Waals surface area contributed by atoms with Crippen molar-refractivity contribution in [2.45, 2.75) is 39.8 Å². The summed E-state index contributed by atoms with van der Waals surface area (Å²) >= 11 is 0. The minimum Gasteiger partial charge on any atom is -0.380 e. The van der Waals surface area contributed by atoms with E-state index in [9.17, 15) is 4.79 Å². The van der Waals surface area contributed by atoms with Gasteiger partial charge >= 0.3 is 0 Å². The molecule has 0 aromatic carbocycles. The van der Waals surface area contributed by atoms with Crippen molar-refractivity contribution in [3.05, 3.63) is 0 Å². The molecule has 0 rings (SSSR count). The molecule has 4 heteroatoms. The topological polar surface area (TPSA) is 64.3 Å². The van der Waals surface area contributed by atoms with E-state index in [-0.39, 0.29) is 17.9 Å². The highest BCUT2D eigenvalue weighted by atomic mass is 16.5. The molecule has 0 saturated carbocycles. The molecular formula is C10H22N2O2. The zero-order chi connectivity index (χ0) is 11.1.